The lowest BCUT2D eigenvalue weighted by atomic mass is 10.2. The molecule has 6 heteroatoms. The number of aromatic nitrogens is 1. The van der Waals surface area contributed by atoms with Crippen LogP contribution in [0.25, 0.3) is 10.2 Å². The van der Waals surface area contributed by atoms with E-state index in [1.165, 1.54) is 12.1 Å². The first-order chi connectivity index (χ1) is 7.08. The fraction of sp³-hybridized carbons (Fsp3) is 0. The van der Waals surface area contributed by atoms with Crippen molar-refractivity contribution in [1.82, 2.24) is 4.98 Å². The van der Waals surface area contributed by atoms with Crippen LogP contribution < -0.4 is 5.73 Å². The Balaban J connectivity index is 2.62. The topological polar surface area (TPSA) is 93.3 Å². The van der Waals surface area contributed by atoms with Crippen molar-refractivity contribution >= 4 is 33.4 Å². The van der Waals surface area contributed by atoms with E-state index in [0.29, 0.717) is 5.52 Å². The molecule has 0 spiro atoms. The number of nitrogens with two attached hydrogens (primary N) is 1. The number of thiazole rings is 1. The minimum absolute atomic E-state index is 0.142. The Morgan fingerprint density at radius 3 is 2.73 bits per heavy atom. The lowest BCUT2D eigenvalue weighted by molar-refractivity contribution is 0.0697. The van der Waals surface area contributed by atoms with Gasteiger partial charge in [0.25, 0.3) is 5.91 Å². The molecule has 0 unspecified atom stereocenters. The largest absolute Gasteiger partial charge is 0.478 e. The van der Waals surface area contributed by atoms with Crippen LogP contribution in [0.15, 0.2) is 18.2 Å². The molecule has 15 heavy (non-hydrogen) atoms. The predicted octanol–water partition coefficient (Wildman–Crippen LogP) is 1.09. The molecule has 0 saturated carbocycles. The second-order valence-electron chi connectivity index (χ2n) is 2.87. The smallest absolute Gasteiger partial charge is 0.335 e. The number of carboxylic acid groups (broad SMARTS) is 1. The maximum absolute atomic E-state index is 10.8. The Morgan fingerprint density at radius 1 is 1.40 bits per heavy atom. The second-order valence-corrected chi connectivity index (χ2v) is 3.90. The van der Waals surface area contributed by atoms with Crippen LogP contribution >= 0.6 is 11.3 Å². The number of fused-ring (bicyclic) bond motifs is 1. The molecule has 5 nitrogen and oxygen atoms in total. The maximum Gasteiger partial charge on any atom is 0.335 e. The van der Waals surface area contributed by atoms with E-state index in [9.17, 15) is 9.59 Å². The minimum atomic E-state index is -1.02. The van der Waals surface area contributed by atoms with Crippen molar-refractivity contribution in [2.24, 2.45) is 5.73 Å². The van der Waals surface area contributed by atoms with E-state index in [1.54, 1.807) is 6.07 Å². The molecule has 76 valence electrons. The number of carbonyl (C=O) groups is 2. The first kappa shape index (κ1) is 9.60. The quantitative estimate of drug-likeness (QED) is 0.795. The second kappa shape index (κ2) is 3.32. The summed E-state index contributed by atoms with van der Waals surface area (Å²) in [5.41, 5.74) is 5.69. The number of primary amides is 1. The standard InChI is InChI=1S/C9H6N2O3S/c10-7(12)8-11-5-3-4(9(13)14)1-2-6(5)15-8/h1-3H,(H2,10,12)(H,13,14). The van der Waals surface area contributed by atoms with Gasteiger partial charge in [0.1, 0.15) is 0 Å². The zero-order chi connectivity index (χ0) is 11.0. The fourth-order valence-corrected chi connectivity index (χ4v) is 1.96. The van der Waals surface area contributed by atoms with Gasteiger partial charge in [-0.05, 0) is 18.2 Å². The van der Waals surface area contributed by atoms with Gasteiger partial charge in [-0.15, -0.1) is 11.3 Å². The highest BCUT2D eigenvalue weighted by Crippen LogP contribution is 2.22. The molecule has 1 amide bonds. The fourth-order valence-electron chi connectivity index (χ4n) is 1.17. The van der Waals surface area contributed by atoms with Gasteiger partial charge in [0.15, 0.2) is 5.01 Å². The SMILES string of the molecule is NC(=O)c1nc2cc(C(=O)O)ccc2s1. The highest BCUT2D eigenvalue weighted by molar-refractivity contribution is 7.20. The minimum Gasteiger partial charge on any atom is -0.478 e. The molecule has 0 radical (unpaired) electrons. The number of nitrogens with zero attached hydrogens (tertiary/aromatic N) is 1. The molecule has 0 fully saturated rings. The van der Waals surface area contributed by atoms with Gasteiger partial charge < -0.3 is 10.8 Å². The molecule has 0 bridgehead atoms. The molecule has 0 saturated heterocycles. The number of rotatable bonds is 2. The lowest BCUT2D eigenvalue weighted by Crippen LogP contribution is -2.09. The maximum atomic E-state index is 10.8. The van der Waals surface area contributed by atoms with Crippen molar-refractivity contribution in [2.75, 3.05) is 0 Å². The molecule has 2 aromatic rings. The Bertz CT molecular complexity index is 549. The van der Waals surface area contributed by atoms with E-state index in [2.05, 4.69) is 4.98 Å². The van der Waals surface area contributed by atoms with Crippen LogP contribution in [0, 0.1) is 0 Å². The molecule has 3 N–H and O–H groups in total. The highest BCUT2D eigenvalue weighted by Gasteiger charge is 2.10. The van der Waals surface area contributed by atoms with Gasteiger partial charge in [-0.3, -0.25) is 4.79 Å². The van der Waals surface area contributed by atoms with E-state index >= 15 is 0 Å². The third kappa shape index (κ3) is 1.66. The molecule has 1 heterocycles. The third-order valence-electron chi connectivity index (χ3n) is 1.85. The summed E-state index contributed by atoms with van der Waals surface area (Å²) in [6.07, 6.45) is 0. The number of hydrogen-bond acceptors (Lipinski definition) is 4. The van der Waals surface area contributed by atoms with Crippen LogP contribution in [0.2, 0.25) is 0 Å². The molecule has 0 aliphatic heterocycles. The van der Waals surface area contributed by atoms with Crippen LogP contribution in [0.3, 0.4) is 0 Å². The van der Waals surface area contributed by atoms with Gasteiger partial charge in [0.2, 0.25) is 0 Å². The zero-order valence-electron chi connectivity index (χ0n) is 7.43. The summed E-state index contributed by atoms with van der Waals surface area (Å²) in [5.74, 6) is -1.63. The summed E-state index contributed by atoms with van der Waals surface area (Å²) in [5, 5.41) is 8.93. The van der Waals surface area contributed by atoms with Gasteiger partial charge in [0, 0.05) is 0 Å². The first-order valence-electron chi connectivity index (χ1n) is 4.01. The van der Waals surface area contributed by atoms with Crippen molar-refractivity contribution in [1.29, 1.82) is 0 Å². The first-order valence-corrected chi connectivity index (χ1v) is 4.83. The normalized spacial score (nSPS) is 10.4. The van der Waals surface area contributed by atoms with E-state index in [-0.39, 0.29) is 10.6 Å². The lowest BCUT2D eigenvalue weighted by Gasteiger charge is -1.91. The van der Waals surface area contributed by atoms with E-state index < -0.39 is 11.9 Å². The predicted molar refractivity (Wildman–Crippen MR) is 55.1 cm³/mol. The highest BCUT2D eigenvalue weighted by atomic mass is 32.1. The number of aromatic carboxylic acids is 1. The van der Waals surface area contributed by atoms with E-state index in [0.717, 1.165) is 16.0 Å². The van der Waals surface area contributed by atoms with Crippen LogP contribution in [0.4, 0.5) is 0 Å². The average molecular weight is 222 g/mol. The third-order valence-corrected chi connectivity index (χ3v) is 2.90. The summed E-state index contributed by atoms with van der Waals surface area (Å²) in [6.45, 7) is 0. The number of amides is 1. The van der Waals surface area contributed by atoms with Crippen molar-refractivity contribution in [3.63, 3.8) is 0 Å². The van der Waals surface area contributed by atoms with Gasteiger partial charge in [-0.2, -0.15) is 0 Å². The monoisotopic (exact) mass is 222 g/mol. The molecule has 0 atom stereocenters. The number of carboxylic acids is 1. The molecular formula is C9H6N2O3S. The summed E-state index contributed by atoms with van der Waals surface area (Å²) in [4.78, 5) is 25.4. The average Bonchev–Trinajstić information content (AvgIpc) is 2.59. The van der Waals surface area contributed by atoms with E-state index in [1.807, 2.05) is 0 Å². The van der Waals surface area contributed by atoms with E-state index in [4.69, 9.17) is 10.8 Å². The summed E-state index contributed by atoms with van der Waals surface area (Å²) in [6, 6.07) is 4.50. The van der Waals surface area contributed by atoms with Crippen LogP contribution in [-0.4, -0.2) is 22.0 Å². The summed E-state index contributed by atoms with van der Waals surface area (Å²) in [7, 11) is 0. The summed E-state index contributed by atoms with van der Waals surface area (Å²) < 4.78 is 0.744. The Morgan fingerprint density at radius 2 is 2.13 bits per heavy atom. The molecule has 1 aromatic heterocycles. The van der Waals surface area contributed by atoms with Crippen molar-refractivity contribution in [3.05, 3.63) is 28.8 Å². The number of hydrogen-bond donors (Lipinski definition) is 2. The molecular weight excluding hydrogens is 216 g/mol. The van der Waals surface area contributed by atoms with Crippen molar-refractivity contribution in [3.8, 4) is 0 Å². The van der Waals surface area contributed by atoms with Crippen molar-refractivity contribution in [2.45, 2.75) is 0 Å². The van der Waals surface area contributed by atoms with Crippen LogP contribution in [-0.2, 0) is 0 Å². The Hall–Kier alpha value is -1.95. The zero-order valence-corrected chi connectivity index (χ0v) is 8.25. The van der Waals surface area contributed by atoms with Gasteiger partial charge in [-0.1, -0.05) is 0 Å². The Kier molecular flexibility index (Phi) is 2.12. The van der Waals surface area contributed by atoms with Crippen LogP contribution in [0.5, 0.6) is 0 Å². The van der Waals surface area contributed by atoms with Gasteiger partial charge in [0.05, 0.1) is 15.8 Å². The Labute approximate surface area is 88.2 Å². The van der Waals surface area contributed by atoms with Crippen LogP contribution in [0.1, 0.15) is 20.2 Å². The molecule has 0 aliphatic carbocycles. The number of benzene rings is 1. The van der Waals surface area contributed by atoms with Crippen molar-refractivity contribution < 1.29 is 14.7 Å². The molecule has 0 aliphatic rings. The molecule has 1 aromatic carbocycles. The van der Waals surface area contributed by atoms with Gasteiger partial charge in [-0.25, -0.2) is 9.78 Å². The van der Waals surface area contributed by atoms with Gasteiger partial charge >= 0.3 is 5.97 Å². The molecule has 2 rings (SSSR count). The summed E-state index contributed by atoms with van der Waals surface area (Å²) >= 11 is 1.15. The number of carbonyl (C=O) groups excluding carboxylic acids is 1.